The van der Waals surface area contributed by atoms with E-state index in [0.29, 0.717) is 31.5 Å². The summed E-state index contributed by atoms with van der Waals surface area (Å²) in [5.41, 5.74) is 17.0. The molecule has 0 aliphatic rings. The Morgan fingerprint density at radius 1 is 0.714 bits per heavy atom. The lowest BCUT2D eigenvalue weighted by molar-refractivity contribution is -0.143. The molecule has 56 heavy (non-hydrogen) atoms. The van der Waals surface area contributed by atoms with Crippen molar-refractivity contribution in [2.45, 2.75) is 134 Å². The number of aromatic nitrogens is 2. The number of hydrogen-bond donors (Lipinski definition) is 13. The fourth-order valence-corrected chi connectivity index (χ4v) is 5.27. The van der Waals surface area contributed by atoms with Crippen LogP contribution in [0.1, 0.15) is 78.8 Å². The molecule has 0 radical (unpaired) electrons. The van der Waals surface area contributed by atoms with Crippen molar-refractivity contribution < 1.29 is 53.7 Å². The van der Waals surface area contributed by atoms with Crippen LogP contribution in [0.2, 0.25) is 0 Å². The van der Waals surface area contributed by atoms with Crippen LogP contribution >= 0.6 is 0 Å². The number of H-pyrrole nitrogens is 1. The zero-order valence-electron chi connectivity index (χ0n) is 32.4. The number of imidazole rings is 1. The number of primary amides is 1. The third kappa shape index (κ3) is 17.5. The number of rotatable bonds is 26. The second kappa shape index (κ2) is 24.3. The number of aliphatic carboxylic acids is 1. The van der Waals surface area contributed by atoms with Crippen molar-refractivity contribution in [3.05, 3.63) is 18.2 Å². The number of unbranched alkanes of at least 4 members (excludes halogenated alkanes) is 1. The van der Waals surface area contributed by atoms with Gasteiger partial charge < -0.3 is 69.4 Å². The molecule has 0 bridgehead atoms. The van der Waals surface area contributed by atoms with Gasteiger partial charge in [0.15, 0.2) is 0 Å². The van der Waals surface area contributed by atoms with Crippen molar-refractivity contribution in [3.8, 4) is 0 Å². The number of aromatic amines is 1. The largest absolute Gasteiger partial charge is 0.480 e. The molecule has 0 saturated heterocycles. The van der Waals surface area contributed by atoms with E-state index in [9.17, 15) is 53.7 Å². The molecule has 0 aromatic carbocycles. The van der Waals surface area contributed by atoms with Crippen LogP contribution in [0.5, 0.6) is 0 Å². The molecule has 0 aliphatic heterocycles. The van der Waals surface area contributed by atoms with Crippen LogP contribution < -0.4 is 49.1 Å². The topological polar surface area (TPSA) is 376 Å². The fraction of sp³-hybridized carbons (Fsp3) is 0.676. The highest BCUT2D eigenvalue weighted by Gasteiger charge is 2.35. The number of aliphatic hydroxyl groups is 2. The van der Waals surface area contributed by atoms with Crippen molar-refractivity contribution in [2.24, 2.45) is 23.1 Å². The lowest BCUT2D eigenvalue weighted by atomic mass is 10.0. The molecule has 16 N–H and O–H groups in total. The summed E-state index contributed by atoms with van der Waals surface area (Å²) < 4.78 is 0. The maximum absolute atomic E-state index is 13.7. The van der Waals surface area contributed by atoms with Crippen LogP contribution in [0.25, 0.3) is 0 Å². The summed E-state index contributed by atoms with van der Waals surface area (Å²) in [6.07, 6.45) is -0.1000. The highest BCUT2D eigenvalue weighted by Crippen LogP contribution is 2.08. The third-order valence-corrected chi connectivity index (χ3v) is 8.43. The molecule has 1 rings (SSSR count). The van der Waals surface area contributed by atoms with Gasteiger partial charge in [-0.25, -0.2) is 9.78 Å². The summed E-state index contributed by atoms with van der Waals surface area (Å²) in [5.74, 6) is -7.69. The van der Waals surface area contributed by atoms with Crippen LogP contribution in [-0.2, 0) is 44.8 Å². The molecule has 1 aromatic rings. The number of nitrogens with zero attached hydrogens (tertiary/aromatic N) is 1. The van der Waals surface area contributed by atoms with Gasteiger partial charge in [0.25, 0.3) is 0 Å². The van der Waals surface area contributed by atoms with Gasteiger partial charge in [-0.3, -0.25) is 33.6 Å². The molecule has 0 fully saturated rings. The number of amides is 7. The van der Waals surface area contributed by atoms with Gasteiger partial charge in [-0.2, -0.15) is 0 Å². The Kier molecular flexibility index (Phi) is 21.2. The third-order valence-electron chi connectivity index (χ3n) is 8.43. The molecule has 1 aromatic heterocycles. The molecule has 316 valence electrons. The molecule has 22 nitrogen and oxygen atoms in total. The van der Waals surface area contributed by atoms with E-state index in [2.05, 4.69) is 41.9 Å². The Balaban J connectivity index is 3.23. The predicted octanol–water partition coefficient (Wildman–Crippen LogP) is -4.51. The molecule has 7 amide bonds. The maximum Gasteiger partial charge on any atom is 0.326 e. The van der Waals surface area contributed by atoms with Crippen molar-refractivity contribution in [2.75, 3.05) is 6.54 Å². The van der Waals surface area contributed by atoms with E-state index >= 15 is 0 Å². The van der Waals surface area contributed by atoms with Crippen LogP contribution in [0.4, 0.5) is 0 Å². The first-order chi connectivity index (χ1) is 26.2. The van der Waals surface area contributed by atoms with Gasteiger partial charge in [0.05, 0.1) is 24.6 Å². The highest BCUT2D eigenvalue weighted by molar-refractivity contribution is 5.97. The van der Waals surface area contributed by atoms with Gasteiger partial charge in [-0.05, 0) is 65.3 Å². The van der Waals surface area contributed by atoms with Crippen LogP contribution in [-0.4, -0.2) is 134 Å². The van der Waals surface area contributed by atoms with Crippen molar-refractivity contribution >= 4 is 47.3 Å². The fourth-order valence-electron chi connectivity index (χ4n) is 5.27. The Hall–Kier alpha value is -5.19. The monoisotopic (exact) mass is 797 g/mol. The second-order valence-corrected chi connectivity index (χ2v) is 14.0. The number of nitrogens with two attached hydrogens (primary N) is 3. The first kappa shape index (κ1) is 48.8. The Morgan fingerprint density at radius 2 is 1.25 bits per heavy atom. The molecule has 0 saturated carbocycles. The summed E-state index contributed by atoms with van der Waals surface area (Å²) in [7, 11) is 0. The zero-order valence-corrected chi connectivity index (χ0v) is 32.4. The molecular weight excluding hydrogens is 738 g/mol. The lowest BCUT2D eigenvalue weighted by Gasteiger charge is -2.28. The van der Waals surface area contributed by atoms with Crippen molar-refractivity contribution in [3.63, 3.8) is 0 Å². The van der Waals surface area contributed by atoms with E-state index in [1.54, 1.807) is 0 Å². The Labute approximate surface area is 324 Å². The predicted molar refractivity (Wildman–Crippen MR) is 199 cm³/mol. The van der Waals surface area contributed by atoms with Gasteiger partial charge in [-0.15, -0.1) is 0 Å². The minimum absolute atomic E-state index is 0.0205. The van der Waals surface area contributed by atoms with E-state index in [1.165, 1.54) is 33.3 Å². The molecule has 0 aliphatic carbocycles. The summed E-state index contributed by atoms with van der Waals surface area (Å²) in [5, 5.41) is 44.4. The minimum Gasteiger partial charge on any atom is -0.480 e. The Morgan fingerprint density at radius 3 is 1.75 bits per heavy atom. The molecule has 0 spiro atoms. The average molecular weight is 798 g/mol. The van der Waals surface area contributed by atoms with Gasteiger partial charge in [0, 0.05) is 24.7 Å². The minimum atomic E-state index is -1.70. The number of nitrogens with one attached hydrogen (secondary N) is 7. The molecular formula is C34H59N11O11. The van der Waals surface area contributed by atoms with Crippen LogP contribution in [0.15, 0.2) is 12.5 Å². The number of carbonyl (C=O) groups excluding carboxylic acids is 7. The number of carboxylic acids is 1. The van der Waals surface area contributed by atoms with E-state index < -0.39 is 108 Å². The summed E-state index contributed by atoms with van der Waals surface area (Å²) in [4.78, 5) is 109. The molecule has 0 unspecified atom stereocenters. The number of hydrogen-bond acceptors (Lipinski definition) is 13. The normalized spacial score (nSPS) is 16.0. The highest BCUT2D eigenvalue weighted by atomic mass is 16.4. The quantitative estimate of drug-likeness (QED) is 0.0393. The number of carboxylic acid groups (broad SMARTS) is 1. The van der Waals surface area contributed by atoms with Crippen molar-refractivity contribution in [1.82, 2.24) is 41.9 Å². The van der Waals surface area contributed by atoms with Crippen LogP contribution in [0.3, 0.4) is 0 Å². The average Bonchev–Trinajstić information content (AvgIpc) is 3.62. The van der Waals surface area contributed by atoms with Crippen molar-refractivity contribution in [1.29, 1.82) is 0 Å². The van der Waals surface area contributed by atoms with E-state index in [1.807, 2.05) is 13.8 Å². The molecule has 9 atom stereocenters. The summed E-state index contributed by atoms with van der Waals surface area (Å²) in [6, 6.07) is -9.86. The van der Waals surface area contributed by atoms with Gasteiger partial charge >= 0.3 is 5.97 Å². The van der Waals surface area contributed by atoms with E-state index in [4.69, 9.17) is 17.2 Å². The maximum atomic E-state index is 13.7. The van der Waals surface area contributed by atoms with Gasteiger partial charge in [-0.1, -0.05) is 13.8 Å². The lowest BCUT2D eigenvalue weighted by Crippen LogP contribution is -2.61. The SMILES string of the molecule is CC(C)C[C@H](N)C(=O)N[C@H](C(=O)N[C@@H](C)C(=O)N[C@@H](Cc1cnc[nH]1)C(=O)N[C@@H](CCC(N)=O)C(=O)N[C@H](C(=O)N[C@@H](CCCCN)C(=O)O)[C@@H](C)O)[C@@H](C)O. The summed E-state index contributed by atoms with van der Waals surface area (Å²) in [6.45, 7) is 7.70. The van der Waals surface area contributed by atoms with E-state index in [-0.39, 0.29) is 25.2 Å². The Bertz CT molecular complexity index is 1470. The molecule has 1 heterocycles. The number of carbonyl (C=O) groups is 8. The standard InChI is InChI=1S/C34H59N11O11/c1-16(2)12-21(36)29(50)44-26(18(4)46)32(53)40-17(3)28(49)43-24(13-20-14-38-15-39-20)31(52)41-22(9-10-25(37)48)30(51)45-27(19(5)47)33(54)42-23(34(55)56)8-6-7-11-35/h14-19,21-24,26-27,46-47H,6-13,35-36H2,1-5H3,(H2,37,48)(H,38,39)(H,40,53)(H,41,52)(H,42,54)(H,43,49)(H,44,50)(H,45,51)(H,55,56)/t17-,18+,19+,21-,22-,23-,24-,26-,27-/m0/s1. The first-order valence-corrected chi connectivity index (χ1v) is 18.3. The smallest absolute Gasteiger partial charge is 0.326 e. The second-order valence-electron chi connectivity index (χ2n) is 14.0. The van der Waals surface area contributed by atoms with Gasteiger partial charge in [0.2, 0.25) is 41.4 Å². The van der Waals surface area contributed by atoms with Crippen LogP contribution in [0, 0.1) is 5.92 Å². The number of aliphatic hydroxyl groups excluding tert-OH is 2. The first-order valence-electron chi connectivity index (χ1n) is 18.3. The van der Waals surface area contributed by atoms with E-state index in [0.717, 1.165) is 0 Å². The molecule has 22 heteroatoms. The van der Waals surface area contributed by atoms with Gasteiger partial charge in [0.1, 0.15) is 36.3 Å². The zero-order chi connectivity index (χ0) is 42.7. The summed E-state index contributed by atoms with van der Waals surface area (Å²) >= 11 is 0.